The quantitative estimate of drug-likeness (QED) is 0.787. The molecule has 1 aliphatic heterocycles. The first-order valence-electron chi connectivity index (χ1n) is 6.84. The molecule has 1 aromatic rings. The zero-order valence-electron chi connectivity index (χ0n) is 12.3. The van der Waals surface area contributed by atoms with Crippen molar-refractivity contribution in [2.75, 3.05) is 33.4 Å². The van der Waals surface area contributed by atoms with Gasteiger partial charge in [0.25, 0.3) is 5.91 Å². The number of methoxy groups -OCH3 is 1. The number of carbonyl (C=O) groups excluding carboxylic acids is 1. The Balaban J connectivity index is 2.23. The van der Waals surface area contributed by atoms with Crippen molar-refractivity contribution in [3.63, 3.8) is 0 Å². The summed E-state index contributed by atoms with van der Waals surface area (Å²) < 4.78 is 31.6. The molecule has 2 rings (SSSR count). The van der Waals surface area contributed by atoms with Crippen molar-refractivity contribution >= 4 is 15.9 Å². The Morgan fingerprint density at radius 1 is 1.38 bits per heavy atom. The average molecular weight is 312 g/mol. The van der Waals surface area contributed by atoms with Crippen LogP contribution in [0.25, 0.3) is 0 Å². The van der Waals surface area contributed by atoms with Gasteiger partial charge in [-0.2, -0.15) is 0 Å². The Morgan fingerprint density at radius 3 is 2.67 bits per heavy atom. The van der Waals surface area contributed by atoms with E-state index in [1.807, 2.05) is 6.92 Å². The molecule has 6 nitrogen and oxygen atoms in total. The fraction of sp³-hybridized carbons (Fsp3) is 0.500. The number of aryl methyl sites for hydroxylation is 1. The molecule has 116 valence electrons. The lowest BCUT2D eigenvalue weighted by atomic mass is 10.1. The van der Waals surface area contributed by atoms with Crippen LogP contribution in [0.2, 0.25) is 0 Å². The first-order valence-corrected chi connectivity index (χ1v) is 8.32. The third kappa shape index (κ3) is 3.61. The van der Waals surface area contributed by atoms with Crippen molar-refractivity contribution in [1.82, 2.24) is 9.62 Å². The number of rotatable bonds is 6. The van der Waals surface area contributed by atoms with Gasteiger partial charge >= 0.3 is 0 Å². The third-order valence-corrected chi connectivity index (χ3v) is 4.95. The highest BCUT2D eigenvalue weighted by molar-refractivity contribution is 7.89. The van der Waals surface area contributed by atoms with E-state index in [4.69, 9.17) is 4.74 Å². The van der Waals surface area contributed by atoms with Gasteiger partial charge in [0.05, 0.1) is 11.5 Å². The van der Waals surface area contributed by atoms with Crippen LogP contribution < -0.4 is 4.72 Å². The predicted octanol–water partition coefficient (Wildman–Crippen LogP) is 0.766. The number of carbonyl (C=O) groups is 1. The Bertz CT molecular complexity index is 624. The van der Waals surface area contributed by atoms with Crippen molar-refractivity contribution in [2.24, 2.45) is 0 Å². The molecule has 0 bridgehead atoms. The third-order valence-electron chi connectivity index (χ3n) is 3.49. The molecule has 1 fully saturated rings. The number of ether oxygens (including phenoxy) is 1. The fourth-order valence-corrected chi connectivity index (χ4v) is 3.09. The number of nitrogens with one attached hydrogen (secondary N) is 1. The average Bonchev–Trinajstić information content (AvgIpc) is 2.37. The highest BCUT2D eigenvalue weighted by Crippen LogP contribution is 2.19. The van der Waals surface area contributed by atoms with Crippen LogP contribution in [0.1, 0.15) is 22.3 Å². The van der Waals surface area contributed by atoms with Crippen LogP contribution in [0.5, 0.6) is 0 Å². The summed E-state index contributed by atoms with van der Waals surface area (Å²) in [6.07, 6.45) is 1.00. The first kappa shape index (κ1) is 15.9. The zero-order chi connectivity index (χ0) is 15.5. The fourth-order valence-electron chi connectivity index (χ4n) is 2.05. The van der Waals surface area contributed by atoms with E-state index < -0.39 is 10.0 Å². The standard InChI is InChI=1S/C14H20N2O4S/c1-11-4-5-12(21(18,19)15-6-9-20-2)10-13(11)14(17)16-7-3-8-16/h4-5,10,15H,3,6-9H2,1-2H3. The van der Waals surface area contributed by atoms with Crippen molar-refractivity contribution in [3.8, 4) is 0 Å². The maximum absolute atomic E-state index is 12.3. The zero-order valence-corrected chi connectivity index (χ0v) is 13.1. The molecule has 1 aliphatic rings. The SMILES string of the molecule is COCCNS(=O)(=O)c1ccc(C)c(C(=O)N2CCC2)c1. The molecule has 0 aliphatic carbocycles. The molecule has 0 aromatic heterocycles. The number of sulfonamides is 1. The molecule has 1 aromatic carbocycles. The lowest BCUT2D eigenvalue weighted by molar-refractivity contribution is 0.0651. The van der Waals surface area contributed by atoms with Crippen LogP contribution in [-0.2, 0) is 14.8 Å². The lowest BCUT2D eigenvalue weighted by Crippen LogP contribution is -2.42. The van der Waals surface area contributed by atoms with Crippen molar-refractivity contribution in [2.45, 2.75) is 18.2 Å². The van der Waals surface area contributed by atoms with Crippen LogP contribution >= 0.6 is 0 Å². The van der Waals surface area contributed by atoms with Crippen molar-refractivity contribution in [1.29, 1.82) is 0 Å². The number of hydrogen-bond acceptors (Lipinski definition) is 4. The maximum atomic E-state index is 12.3. The Hall–Kier alpha value is -1.44. The minimum atomic E-state index is -3.62. The Kier molecular flexibility index (Phi) is 4.97. The van der Waals surface area contributed by atoms with Crippen LogP contribution in [-0.4, -0.2) is 52.6 Å². The van der Waals surface area contributed by atoms with Gasteiger partial charge in [0.1, 0.15) is 0 Å². The summed E-state index contributed by atoms with van der Waals surface area (Å²) >= 11 is 0. The minimum absolute atomic E-state index is 0.104. The van der Waals surface area contributed by atoms with Gasteiger partial charge in [-0.05, 0) is 31.0 Å². The largest absolute Gasteiger partial charge is 0.383 e. The number of amides is 1. The van der Waals surface area contributed by atoms with E-state index in [1.54, 1.807) is 11.0 Å². The molecule has 1 amide bonds. The smallest absolute Gasteiger partial charge is 0.254 e. The molecule has 0 radical (unpaired) electrons. The second-order valence-corrected chi connectivity index (χ2v) is 6.78. The van der Waals surface area contributed by atoms with E-state index in [9.17, 15) is 13.2 Å². The molecule has 21 heavy (non-hydrogen) atoms. The summed E-state index contributed by atoms with van der Waals surface area (Å²) in [4.78, 5) is 14.1. The van der Waals surface area contributed by atoms with Crippen LogP contribution in [0.4, 0.5) is 0 Å². The van der Waals surface area contributed by atoms with E-state index in [1.165, 1.54) is 19.2 Å². The molecule has 1 N–H and O–H groups in total. The number of likely N-dealkylation sites (tertiary alicyclic amines) is 1. The van der Waals surface area contributed by atoms with Crippen molar-refractivity contribution in [3.05, 3.63) is 29.3 Å². The highest BCUT2D eigenvalue weighted by Gasteiger charge is 2.24. The van der Waals surface area contributed by atoms with Crippen LogP contribution in [0, 0.1) is 6.92 Å². The van der Waals surface area contributed by atoms with E-state index in [-0.39, 0.29) is 17.3 Å². The maximum Gasteiger partial charge on any atom is 0.254 e. The summed E-state index contributed by atoms with van der Waals surface area (Å²) in [5.41, 5.74) is 1.23. The summed E-state index contributed by atoms with van der Waals surface area (Å²) in [6.45, 7) is 3.78. The molecule has 0 atom stereocenters. The molecular weight excluding hydrogens is 292 g/mol. The van der Waals surface area contributed by atoms with Gasteiger partial charge < -0.3 is 9.64 Å². The van der Waals surface area contributed by atoms with Crippen LogP contribution in [0.15, 0.2) is 23.1 Å². The summed E-state index contributed by atoms with van der Waals surface area (Å²) in [5, 5.41) is 0. The first-order chi connectivity index (χ1) is 9.95. The molecule has 0 saturated carbocycles. The van der Waals surface area contributed by atoms with Crippen molar-refractivity contribution < 1.29 is 17.9 Å². The monoisotopic (exact) mass is 312 g/mol. The molecule has 0 unspecified atom stereocenters. The predicted molar refractivity (Wildman–Crippen MR) is 78.8 cm³/mol. The molecule has 1 saturated heterocycles. The number of nitrogens with zero attached hydrogens (tertiary/aromatic N) is 1. The van der Waals surface area contributed by atoms with Gasteiger partial charge in [-0.25, -0.2) is 13.1 Å². The van der Waals surface area contributed by atoms with Gasteiger partial charge in [0.2, 0.25) is 10.0 Å². The van der Waals surface area contributed by atoms with E-state index in [0.717, 1.165) is 25.1 Å². The molecule has 0 spiro atoms. The Labute approximate surface area is 125 Å². The summed E-state index contributed by atoms with van der Waals surface area (Å²) in [6, 6.07) is 4.63. The van der Waals surface area contributed by atoms with Gasteiger partial charge in [0, 0.05) is 32.3 Å². The molecular formula is C14H20N2O4S. The normalized spacial score (nSPS) is 14.9. The van der Waals surface area contributed by atoms with E-state index >= 15 is 0 Å². The molecule has 1 heterocycles. The van der Waals surface area contributed by atoms with Gasteiger partial charge in [-0.1, -0.05) is 6.07 Å². The second-order valence-electron chi connectivity index (χ2n) is 5.01. The topological polar surface area (TPSA) is 75.7 Å². The van der Waals surface area contributed by atoms with Gasteiger partial charge in [-0.15, -0.1) is 0 Å². The summed E-state index contributed by atoms with van der Waals surface area (Å²) in [5.74, 6) is -0.104. The molecule has 7 heteroatoms. The van der Waals surface area contributed by atoms with Gasteiger partial charge in [0.15, 0.2) is 0 Å². The van der Waals surface area contributed by atoms with E-state index in [0.29, 0.717) is 12.2 Å². The van der Waals surface area contributed by atoms with Crippen LogP contribution in [0.3, 0.4) is 0 Å². The second kappa shape index (κ2) is 6.55. The van der Waals surface area contributed by atoms with E-state index in [2.05, 4.69) is 4.72 Å². The minimum Gasteiger partial charge on any atom is -0.383 e. The van der Waals surface area contributed by atoms with Gasteiger partial charge in [-0.3, -0.25) is 4.79 Å². The Morgan fingerprint density at radius 2 is 2.10 bits per heavy atom. The number of hydrogen-bond donors (Lipinski definition) is 1. The lowest BCUT2D eigenvalue weighted by Gasteiger charge is -2.31. The highest BCUT2D eigenvalue weighted by atomic mass is 32.2. The number of benzene rings is 1. The summed E-state index contributed by atoms with van der Waals surface area (Å²) in [7, 11) is -2.12.